The molecule has 1 aromatic carbocycles. The molecule has 3 aliphatic heterocycles. The number of fused-ring (bicyclic) bond motifs is 1. The molecular formula is C26H37N3O5. The topological polar surface area (TPSA) is 108 Å². The molecule has 3 saturated heterocycles. The van der Waals surface area contributed by atoms with Crippen molar-refractivity contribution >= 4 is 17.7 Å². The van der Waals surface area contributed by atoms with Gasteiger partial charge >= 0.3 is 0 Å². The van der Waals surface area contributed by atoms with E-state index in [1.54, 1.807) is 7.05 Å². The Kier molecular flexibility index (Phi) is 7.01. The van der Waals surface area contributed by atoms with Gasteiger partial charge in [-0.3, -0.25) is 14.4 Å². The first kappa shape index (κ1) is 24.7. The SMILES string of the molecule is CCCCCNC(=O)C1N([C@@H](CO)Cc2ccccc2)C(=O)[C@@H]2[C@H](C(=O)NC)[C@]3(C)CCC12O3. The summed E-state index contributed by atoms with van der Waals surface area (Å²) in [5.41, 5.74) is -0.894. The summed E-state index contributed by atoms with van der Waals surface area (Å²) in [6, 6.07) is 8.14. The van der Waals surface area contributed by atoms with Gasteiger partial charge < -0.3 is 25.4 Å². The van der Waals surface area contributed by atoms with E-state index >= 15 is 0 Å². The van der Waals surface area contributed by atoms with Crippen LogP contribution in [0.5, 0.6) is 0 Å². The van der Waals surface area contributed by atoms with Gasteiger partial charge in [0.2, 0.25) is 17.7 Å². The lowest BCUT2D eigenvalue weighted by Gasteiger charge is -2.37. The minimum Gasteiger partial charge on any atom is -0.394 e. The largest absolute Gasteiger partial charge is 0.394 e. The van der Waals surface area contributed by atoms with Gasteiger partial charge in [-0.2, -0.15) is 0 Å². The molecule has 6 atom stereocenters. The Morgan fingerprint density at radius 1 is 1.21 bits per heavy atom. The zero-order valence-corrected chi connectivity index (χ0v) is 20.4. The fourth-order valence-electron chi connectivity index (χ4n) is 6.43. The van der Waals surface area contributed by atoms with Crippen molar-refractivity contribution in [1.29, 1.82) is 0 Å². The van der Waals surface area contributed by atoms with Gasteiger partial charge in [0.05, 0.1) is 30.1 Å². The summed E-state index contributed by atoms with van der Waals surface area (Å²) >= 11 is 0. The van der Waals surface area contributed by atoms with Crippen LogP contribution < -0.4 is 10.6 Å². The molecule has 2 unspecified atom stereocenters. The van der Waals surface area contributed by atoms with E-state index in [0.29, 0.717) is 25.8 Å². The second-order valence-electron chi connectivity index (χ2n) is 10.1. The molecular weight excluding hydrogens is 434 g/mol. The number of hydrogen-bond acceptors (Lipinski definition) is 5. The third-order valence-corrected chi connectivity index (χ3v) is 7.99. The maximum Gasteiger partial charge on any atom is 0.245 e. The highest BCUT2D eigenvalue weighted by molar-refractivity contribution is 5.99. The first-order valence-corrected chi connectivity index (χ1v) is 12.5. The number of carbonyl (C=O) groups is 3. The Morgan fingerprint density at radius 2 is 1.94 bits per heavy atom. The first-order chi connectivity index (χ1) is 16.3. The highest BCUT2D eigenvalue weighted by atomic mass is 16.5. The molecule has 0 saturated carbocycles. The van der Waals surface area contributed by atoms with Crippen molar-refractivity contribution in [2.75, 3.05) is 20.2 Å². The average Bonchev–Trinajstić information content (AvgIpc) is 3.41. The second kappa shape index (κ2) is 9.66. The van der Waals surface area contributed by atoms with Crippen LogP contribution in [0.4, 0.5) is 0 Å². The van der Waals surface area contributed by atoms with Gasteiger partial charge in [0.25, 0.3) is 0 Å². The fourth-order valence-corrected chi connectivity index (χ4v) is 6.43. The Hall–Kier alpha value is -2.45. The number of carbonyl (C=O) groups excluding carboxylic acids is 3. The van der Waals surface area contributed by atoms with Gasteiger partial charge in [-0.15, -0.1) is 0 Å². The maximum atomic E-state index is 14.0. The quantitative estimate of drug-likeness (QED) is 0.447. The molecule has 3 aliphatic rings. The van der Waals surface area contributed by atoms with Crippen LogP contribution in [0.1, 0.15) is 51.5 Å². The van der Waals surface area contributed by atoms with E-state index in [-0.39, 0.29) is 24.3 Å². The zero-order valence-electron chi connectivity index (χ0n) is 20.4. The summed E-state index contributed by atoms with van der Waals surface area (Å²) in [6.45, 7) is 4.21. The number of likely N-dealkylation sites (tertiary alicyclic amines) is 1. The zero-order chi connectivity index (χ0) is 24.5. The molecule has 0 aromatic heterocycles. The van der Waals surface area contributed by atoms with Gasteiger partial charge in [-0.25, -0.2) is 0 Å². The summed E-state index contributed by atoms with van der Waals surface area (Å²) in [6.07, 6.45) is 4.43. The van der Waals surface area contributed by atoms with Crippen LogP contribution in [0, 0.1) is 11.8 Å². The number of aliphatic hydroxyl groups excluding tert-OH is 1. The first-order valence-electron chi connectivity index (χ1n) is 12.5. The van der Waals surface area contributed by atoms with Crippen LogP contribution in [0.25, 0.3) is 0 Å². The Bertz CT molecular complexity index is 924. The summed E-state index contributed by atoms with van der Waals surface area (Å²) in [5.74, 6) is -2.20. The second-order valence-corrected chi connectivity index (χ2v) is 10.1. The molecule has 2 bridgehead atoms. The average molecular weight is 472 g/mol. The number of hydrogen-bond donors (Lipinski definition) is 3. The van der Waals surface area contributed by atoms with Crippen molar-refractivity contribution in [3.05, 3.63) is 35.9 Å². The monoisotopic (exact) mass is 471 g/mol. The number of aliphatic hydroxyl groups is 1. The number of unbranched alkanes of at least 4 members (excludes halogenated alkanes) is 2. The van der Waals surface area contributed by atoms with E-state index in [1.165, 1.54) is 4.90 Å². The number of nitrogens with zero attached hydrogens (tertiary/aromatic N) is 1. The number of nitrogens with one attached hydrogen (secondary N) is 2. The molecule has 34 heavy (non-hydrogen) atoms. The minimum atomic E-state index is -1.07. The predicted molar refractivity (Wildman–Crippen MR) is 127 cm³/mol. The molecule has 3 heterocycles. The number of benzene rings is 1. The van der Waals surface area contributed by atoms with Gasteiger partial charge in [-0.05, 0) is 38.2 Å². The van der Waals surface area contributed by atoms with Gasteiger partial charge in [-0.1, -0.05) is 50.1 Å². The van der Waals surface area contributed by atoms with Crippen LogP contribution in [-0.2, 0) is 25.5 Å². The fraction of sp³-hybridized carbons (Fsp3) is 0.654. The molecule has 3 amide bonds. The molecule has 8 nitrogen and oxygen atoms in total. The van der Waals surface area contributed by atoms with Crippen LogP contribution in [-0.4, -0.2) is 71.2 Å². The van der Waals surface area contributed by atoms with Crippen LogP contribution in [0.3, 0.4) is 0 Å². The van der Waals surface area contributed by atoms with E-state index in [2.05, 4.69) is 17.6 Å². The molecule has 0 aliphatic carbocycles. The molecule has 8 heteroatoms. The Morgan fingerprint density at radius 3 is 2.59 bits per heavy atom. The van der Waals surface area contributed by atoms with Gasteiger partial charge in [0, 0.05) is 13.6 Å². The van der Waals surface area contributed by atoms with Crippen molar-refractivity contribution < 1.29 is 24.2 Å². The molecule has 4 rings (SSSR count). The third kappa shape index (κ3) is 3.90. The van der Waals surface area contributed by atoms with Crippen molar-refractivity contribution in [2.45, 2.75) is 75.7 Å². The minimum absolute atomic E-state index is 0.241. The standard InChI is InChI=1S/C26H37N3O5/c1-4-5-9-14-28-23(32)21-26-13-12-25(2,34-26)19(22(31)27-3)20(26)24(33)29(21)18(16-30)15-17-10-7-6-8-11-17/h6-8,10-11,18-21,30H,4-5,9,12-16H2,1-3H3,(H,27,31)(H,28,32)/t18-,19-,20+,21?,25+,26?/m1/s1. The van der Waals surface area contributed by atoms with E-state index in [1.807, 2.05) is 37.3 Å². The van der Waals surface area contributed by atoms with Crippen LogP contribution >= 0.6 is 0 Å². The lowest BCUT2D eigenvalue weighted by Crippen LogP contribution is -2.58. The molecule has 1 spiro atoms. The number of amides is 3. The molecule has 3 N–H and O–H groups in total. The predicted octanol–water partition coefficient (Wildman–Crippen LogP) is 1.41. The lowest BCUT2D eigenvalue weighted by molar-refractivity contribution is -0.149. The lowest BCUT2D eigenvalue weighted by atomic mass is 9.66. The van der Waals surface area contributed by atoms with Gasteiger partial charge in [0.1, 0.15) is 11.6 Å². The summed E-state index contributed by atoms with van der Waals surface area (Å²) in [5, 5.41) is 16.1. The van der Waals surface area contributed by atoms with Crippen LogP contribution in [0.2, 0.25) is 0 Å². The van der Waals surface area contributed by atoms with Crippen molar-refractivity contribution in [1.82, 2.24) is 15.5 Å². The van der Waals surface area contributed by atoms with Crippen molar-refractivity contribution in [3.63, 3.8) is 0 Å². The molecule has 0 radical (unpaired) electrons. The summed E-state index contributed by atoms with van der Waals surface area (Å²) < 4.78 is 6.55. The summed E-state index contributed by atoms with van der Waals surface area (Å²) in [4.78, 5) is 42.1. The molecule has 1 aromatic rings. The Labute approximate surface area is 201 Å². The van der Waals surface area contributed by atoms with E-state index < -0.39 is 35.1 Å². The van der Waals surface area contributed by atoms with Crippen molar-refractivity contribution in [2.24, 2.45) is 11.8 Å². The highest BCUT2D eigenvalue weighted by Crippen LogP contribution is 2.63. The van der Waals surface area contributed by atoms with Crippen molar-refractivity contribution in [3.8, 4) is 0 Å². The van der Waals surface area contributed by atoms with E-state index in [4.69, 9.17) is 4.74 Å². The Balaban J connectivity index is 1.71. The highest BCUT2D eigenvalue weighted by Gasteiger charge is 2.78. The third-order valence-electron chi connectivity index (χ3n) is 7.99. The molecule has 186 valence electrons. The summed E-state index contributed by atoms with van der Waals surface area (Å²) in [7, 11) is 1.56. The molecule has 3 fully saturated rings. The maximum absolute atomic E-state index is 14.0. The van der Waals surface area contributed by atoms with E-state index in [0.717, 1.165) is 24.8 Å². The number of ether oxygens (including phenoxy) is 1. The number of rotatable bonds is 10. The van der Waals surface area contributed by atoms with Crippen LogP contribution in [0.15, 0.2) is 30.3 Å². The smallest absolute Gasteiger partial charge is 0.245 e. The van der Waals surface area contributed by atoms with E-state index in [9.17, 15) is 19.5 Å². The normalized spacial score (nSPS) is 32.5. The van der Waals surface area contributed by atoms with Gasteiger partial charge in [0.15, 0.2) is 0 Å².